The van der Waals surface area contributed by atoms with Crippen molar-refractivity contribution in [1.29, 1.82) is 0 Å². The number of rotatable bonds is 24. The Morgan fingerprint density at radius 1 is 0.892 bits per heavy atom. The van der Waals surface area contributed by atoms with Gasteiger partial charge in [0.2, 0.25) is 21.8 Å². The molecule has 15 nitrogen and oxygen atoms in total. The summed E-state index contributed by atoms with van der Waals surface area (Å²) in [4.78, 5) is 60.5. The predicted molar refractivity (Wildman–Crippen MR) is 287 cm³/mol. The number of unbranched alkanes of at least 4 members (excludes halogenated alkanes) is 1. The zero-order valence-corrected chi connectivity index (χ0v) is 44.5. The molecule has 392 valence electrons. The number of carbonyl (C=O) groups excluding carboxylic acids is 4. The number of carbonyl (C=O) groups is 4. The van der Waals surface area contributed by atoms with Crippen LogP contribution in [0, 0.1) is 11.3 Å². The molecule has 0 unspecified atom stereocenters. The van der Waals surface area contributed by atoms with Crippen molar-refractivity contribution in [2.75, 3.05) is 26.8 Å². The molecule has 17 heteroatoms. The van der Waals surface area contributed by atoms with Crippen LogP contribution < -0.4 is 25.8 Å². The smallest absolute Gasteiger partial charge is 0.339 e. The van der Waals surface area contributed by atoms with E-state index in [1.165, 1.54) is 46.6 Å². The van der Waals surface area contributed by atoms with E-state index in [-0.39, 0.29) is 47.5 Å². The first-order valence-electron chi connectivity index (χ1n) is 25.0. The second-order valence-electron chi connectivity index (χ2n) is 20.0. The Kier molecular flexibility index (Phi) is 18.3. The average molecular weight is 1050 g/mol. The molecule has 74 heavy (non-hydrogen) atoms. The molecule has 2 heterocycles. The van der Waals surface area contributed by atoms with Gasteiger partial charge in [0.15, 0.2) is 0 Å². The number of hydrogen-bond donors (Lipinski definition) is 4. The fourth-order valence-electron chi connectivity index (χ4n) is 9.02. The van der Waals surface area contributed by atoms with Crippen molar-refractivity contribution in [3.05, 3.63) is 142 Å². The molecule has 0 fully saturated rings. The lowest BCUT2D eigenvalue weighted by molar-refractivity contribution is -0.128. The van der Waals surface area contributed by atoms with Gasteiger partial charge in [0, 0.05) is 28.2 Å². The topological polar surface area (TPSA) is 217 Å². The fourth-order valence-corrected chi connectivity index (χ4v) is 12.0. The second-order valence-corrected chi connectivity index (χ2v) is 23.0. The van der Waals surface area contributed by atoms with Crippen LogP contribution in [0.5, 0.6) is 11.5 Å². The molecule has 2 aromatic heterocycles. The number of aliphatic hydroxyl groups is 1. The van der Waals surface area contributed by atoms with Gasteiger partial charge < -0.3 is 35.7 Å². The number of nitrogens with two attached hydrogens (primary N) is 1. The third-order valence-corrected chi connectivity index (χ3v) is 16.2. The quantitative estimate of drug-likeness (QED) is 0.0333. The molecule has 6 aromatic rings. The Morgan fingerprint density at radius 2 is 1.59 bits per heavy atom. The number of nitrogens with one attached hydrogen (secondary N) is 2. The number of methoxy groups -OCH3 is 1. The first-order chi connectivity index (χ1) is 35.3. The summed E-state index contributed by atoms with van der Waals surface area (Å²) in [7, 11) is -2.70. The van der Waals surface area contributed by atoms with Gasteiger partial charge in [-0.1, -0.05) is 102 Å². The van der Waals surface area contributed by atoms with Crippen molar-refractivity contribution >= 4 is 56.0 Å². The number of thiophene rings is 1. The standard InChI is InChI=1S/C57H67N5O10S2/c1-7-8-29-71-56(67)52-44-32-57(4,5)28-27-50(44)73-53(52)43-15-11-9-14-39(43)35-72-41-20-17-37(18-21-41)30-47(49(63)34-62(33-36(2)3)74(68,69)42-24-22-40(70-6)23-25-42)60-55(66)48(31-51(58)64)61-54(65)46-26-19-38-13-10-12-16-45(38)59-46/h9-26,36,47-49,63H,7-8,27-35H2,1-6H3,(H2,58,64)(H,60,66)(H,61,65)/t47-,48-,49+/m0/s1. The number of ether oxygens (including phenoxy) is 3. The van der Waals surface area contributed by atoms with E-state index in [9.17, 15) is 32.7 Å². The zero-order valence-electron chi connectivity index (χ0n) is 42.9. The number of amides is 3. The molecule has 0 spiro atoms. The number of primary amides is 1. The number of aliphatic hydroxyl groups excluding tert-OH is 1. The van der Waals surface area contributed by atoms with E-state index < -0.39 is 58.9 Å². The van der Waals surface area contributed by atoms with Gasteiger partial charge in [-0.15, -0.1) is 11.3 Å². The number of esters is 1. The molecule has 5 N–H and O–H groups in total. The van der Waals surface area contributed by atoms with E-state index in [1.54, 1.807) is 53.8 Å². The van der Waals surface area contributed by atoms with Gasteiger partial charge in [0.05, 0.1) is 48.3 Å². The third kappa shape index (κ3) is 13.9. The lowest BCUT2D eigenvalue weighted by Crippen LogP contribution is -2.56. The van der Waals surface area contributed by atoms with Gasteiger partial charge in [-0.2, -0.15) is 4.31 Å². The van der Waals surface area contributed by atoms with E-state index in [0.717, 1.165) is 59.1 Å². The molecule has 0 saturated carbocycles. The van der Waals surface area contributed by atoms with E-state index in [0.29, 0.717) is 34.7 Å². The zero-order chi connectivity index (χ0) is 53.2. The van der Waals surface area contributed by atoms with Crippen LogP contribution in [0.4, 0.5) is 0 Å². The maximum absolute atomic E-state index is 14.3. The van der Waals surface area contributed by atoms with E-state index in [4.69, 9.17) is 19.9 Å². The van der Waals surface area contributed by atoms with Gasteiger partial charge in [-0.05, 0) is 114 Å². The number of nitrogens with zero attached hydrogens (tertiary/aromatic N) is 2. The van der Waals surface area contributed by atoms with Gasteiger partial charge >= 0.3 is 5.97 Å². The molecule has 7 rings (SSSR count). The minimum atomic E-state index is -4.18. The lowest BCUT2D eigenvalue weighted by atomic mass is 9.76. The third-order valence-electron chi connectivity index (χ3n) is 13.1. The number of pyridine rings is 1. The van der Waals surface area contributed by atoms with Crippen LogP contribution in [-0.2, 0) is 50.2 Å². The van der Waals surface area contributed by atoms with Crippen LogP contribution in [-0.4, -0.2) is 91.5 Å². The van der Waals surface area contributed by atoms with Gasteiger partial charge in [-0.3, -0.25) is 14.4 Å². The Bertz CT molecular complexity index is 3050. The summed E-state index contributed by atoms with van der Waals surface area (Å²) in [6.07, 6.45) is 2.31. The van der Waals surface area contributed by atoms with Crippen LogP contribution >= 0.6 is 11.3 Å². The Balaban J connectivity index is 1.14. The second kappa shape index (κ2) is 24.6. The van der Waals surface area contributed by atoms with Gasteiger partial charge in [-0.25, -0.2) is 18.2 Å². The number of sulfonamides is 1. The molecular formula is C57H67N5O10S2. The summed E-state index contributed by atoms with van der Waals surface area (Å²) in [5.74, 6) is -1.90. The maximum Gasteiger partial charge on any atom is 0.339 e. The highest BCUT2D eigenvalue weighted by atomic mass is 32.2. The minimum Gasteiger partial charge on any atom is -0.497 e. The number of fused-ring (bicyclic) bond motifs is 2. The van der Waals surface area contributed by atoms with Gasteiger partial charge in [0.1, 0.15) is 29.8 Å². The fraction of sp³-hybridized carbons (Fsp3) is 0.386. The Morgan fingerprint density at radius 3 is 2.30 bits per heavy atom. The molecule has 0 aliphatic heterocycles. The van der Waals surface area contributed by atoms with Crippen molar-refractivity contribution in [3.63, 3.8) is 0 Å². The van der Waals surface area contributed by atoms with Crippen LogP contribution in [0.1, 0.15) is 103 Å². The van der Waals surface area contributed by atoms with E-state index in [1.807, 2.05) is 50.2 Å². The van der Waals surface area contributed by atoms with Crippen molar-refractivity contribution in [2.45, 2.75) is 109 Å². The van der Waals surface area contributed by atoms with Gasteiger partial charge in [0.25, 0.3) is 5.91 Å². The summed E-state index contributed by atoms with van der Waals surface area (Å²) in [6.45, 7) is 10.4. The molecule has 1 aliphatic rings. The van der Waals surface area contributed by atoms with Crippen molar-refractivity contribution in [3.8, 4) is 21.9 Å². The molecular weight excluding hydrogens is 979 g/mol. The highest BCUT2D eigenvalue weighted by Crippen LogP contribution is 2.46. The number of para-hydroxylation sites is 1. The lowest BCUT2D eigenvalue weighted by Gasteiger charge is -2.31. The summed E-state index contributed by atoms with van der Waals surface area (Å²) >= 11 is 1.65. The average Bonchev–Trinajstić information content (AvgIpc) is 3.75. The van der Waals surface area contributed by atoms with Crippen molar-refractivity contribution in [2.24, 2.45) is 17.1 Å². The maximum atomic E-state index is 14.3. The molecule has 3 amide bonds. The highest BCUT2D eigenvalue weighted by Gasteiger charge is 2.36. The molecule has 0 bridgehead atoms. The van der Waals surface area contributed by atoms with E-state index in [2.05, 4.69) is 36.4 Å². The Hall–Kier alpha value is -6.66. The van der Waals surface area contributed by atoms with Crippen LogP contribution in [0.3, 0.4) is 0 Å². The summed E-state index contributed by atoms with van der Waals surface area (Å²) < 4.78 is 47.0. The predicted octanol–water partition coefficient (Wildman–Crippen LogP) is 8.43. The van der Waals surface area contributed by atoms with Crippen LogP contribution in [0.25, 0.3) is 21.3 Å². The normalized spacial score (nSPS) is 14.4. The molecule has 0 saturated heterocycles. The highest BCUT2D eigenvalue weighted by molar-refractivity contribution is 7.89. The van der Waals surface area contributed by atoms with Crippen molar-refractivity contribution in [1.82, 2.24) is 19.9 Å². The van der Waals surface area contributed by atoms with Crippen LogP contribution in [0.15, 0.2) is 114 Å². The molecule has 1 aliphatic carbocycles. The largest absolute Gasteiger partial charge is 0.497 e. The monoisotopic (exact) mass is 1050 g/mol. The molecule has 3 atom stereocenters. The molecule has 4 aromatic carbocycles. The summed E-state index contributed by atoms with van der Waals surface area (Å²) in [5.41, 5.74) is 10.4. The van der Waals surface area contributed by atoms with Crippen LogP contribution in [0.2, 0.25) is 0 Å². The first-order valence-corrected chi connectivity index (χ1v) is 27.3. The Labute approximate surface area is 437 Å². The summed E-state index contributed by atoms with van der Waals surface area (Å²) in [6, 6.07) is 28.7. The number of aryl methyl sites for hydroxylation is 1. The minimum absolute atomic E-state index is 0.00281. The number of aromatic nitrogens is 1. The first kappa shape index (κ1) is 55.1. The van der Waals surface area contributed by atoms with E-state index >= 15 is 0 Å². The number of hydrogen-bond acceptors (Lipinski definition) is 12. The number of benzene rings is 4. The summed E-state index contributed by atoms with van der Waals surface area (Å²) in [5, 5.41) is 18.3. The molecule has 0 radical (unpaired) electrons. The SMILES string of the molecule is CCCCOC(=O)c1c(-c2ccccc2COc2ccc(C[C@H](NC(=O)[C@H](CC(N)=O)NC(=O)c3ccc4ccccc4n3)[C@H](O)CN(CC(C)C)S(=O)(=O)c3ccc(OC)cc3)cc2)sc2c1CC(C)(C)CC2. The van der Waals surface area contributed by atoms with Crippen molar-refractivity contribution < 1.29 is 46.9 Å².